The summed E-state index contributed by atoms with van der Waals surface area (Å²) in [5.41, 5.74) is 0.919. The van der Waals surface area contributed by atoms with E-state index in [1.807, 2.05) is 53.4 Å². The third-order valence-corrected chi connectivity index (χ3v) is 6.88. The number of aromatic nitrogens is 1. The van der Waals surface area contributed by atoms with Crippen molar-refractivity contribution in [1.82, 2.24) is 14.8 Å². The number of rotatable bonds is 2. The van der Waals surface area contributed by atoms with Gasteiger partial charge in [0, 0.05) is 29.9 Å². The molecule has 1 aromatic heterocycles. The van der Waals surface area contributed by atoms with Crippen molar-refractivity contribution in [3.63, 3.8) is 0 Å². The molecule has 0 aliphatic carbocycles. The number of carbonyl (C=O) groups is 2. The monoisotopic (exact) mass is 415 g/mol. The van der Waals surface area contributed by atoms with Crippen molar-refractivity contribution in [3.05, 3.63) is 82.1 Å². The van der Waals surface area contributed by atoms with Crippen LogP contribution in [0.25, 0.3) is 10.9 Å². The number of hydrogen-bond donors (Lipinski definition) is 1. The summed E-state index contributed by atoms with van der Waals surface area (Å²) < 4.78 is 6.30. The van der Waals surface area contributed by atoms with E-state index in [9.17, 15) is 14.4 Å². The van der Waals surface area contributed by atoms with Crippen molar-refractivity contribution in [1.29, 1.82) is 0 Å². The van der Waals surface area contributed by atoms with E-state index in [2.05, 4.69) is 4.98 Å². The first-order valence-corrected chi connectivity index (χ1v) is 10.5. The molecular formula is C24H21N3O4. The molecular weight excluding hydrogens is 394 g/mol. The minimum absolute atomic E-state index is 0.00428. The number of carbonyl (C=O) groups excluding carboxylic acids is 2. The zero-order valence-electron chi connectivity index (χ0n) is 16.8. The molecule has 1 N–H and O–H groups in total. The van der Waals surface area contributed by atoms with Crippen LogP contribution in [-0.2, 0) is 9.53 Å². The molecule has 2 amide bonds. The average Bonchev–Trinajstić information content (AvgIpc) is 3.42. The molecule has 6 rings (SSSR count). The van der Waals surface area contributed by atoms with Crippen molar-refractivity contribution < 1.29 is 14.3 Å². The van der Waals surface area contributed by atoms with Crippen LogP contribution in [0.5, 0.6) is 0 Å². The zero-order chi connectivity index (χ0) is 21.2. The first kappa shape index (κ1) is 18.3. The molecule has 3 aromatic rings. The maximum atomic E-state index is 13.6. The van der Waals surface area contributed by atoms with Crippen LogP contribution >= 0.6 is 0 Å². The largest absolute Gasteiger partial charge is 0.351 e. The molecule has 0 radical (unpaired) electrons. The smallest absolute Gasteiger partial charge is 0.255 e. The number of aromatic amines is 1. The van der Waals surface area contributed by atoms with Gasteiger partial charge in [0.1, 0.15) is 0 Å². The molecule has 156 valence electrons. The van der Waals surface area contributed by atoms with Gasteiger partial charge in [0.25, 0.3) is 5.91 Å². The number of likely N-dealkylation sites (tertiary alicyclic amines) is 1. The molecule has 2 aromatic carbocycles. The van der Waals surface area contributed by atoms with E-state index in [-0.39, 0.29) is 35.9 Å². The van der Waals surface area contributed by atoms with E-state index in [4.69, 9.17) is 4.74 Å². The Hall–Kier alpha value is -3.45. The van der Waals surface area contributed by atoms with Gasteiger partial charge in [-0.15, -0.1) is 0 Å². The lowest BCUT2D eigenvalue weighted by Gasteiger charge is -2.33. The first-order chi connectivity index (χ1) is 15.1. The topological polar surface area (TPSA) is 82.7 Å². The van der Waals surface area contributed by atoms with Gasteiger partial charge in [-0.3, -0.25) is 14.4 Å². The Labute approximate surface area is 178 Å². The maximum Gasteiger partial charge on any atom is 0.255 e. The lowest BCUT2D eigenvalue weighted by molar-refractivity contribution is -0.138. The molecule has 31 heavy (non-hydrogen) atoms. The minimum atomic E-state index is -0.787. The normalized spacial score (nSPS) is 27.0. The number of ether oxygens (including phenoxy) is 1. The van der Waals surface area contributed by atoms with Gasteiger partial charge >= 0.3 is 0 Å². The van der Waals surface area contributed by atoms with Gasteiger partial charge in [0.2, 0.25) is 11.5 Å². The van der Waals surface area contributed by atoms with Gasteiger partial charge < -0.3 is 19.5 Å². The highest BCUT2D eigenvalue weighted by Crippen LogP contribution is 2.51. The highest BCUT2D eigenvalue weighted by Gasteiger charge is 2.65. The highest BCUT2D eigenvalue weighted by molar-refractivity contribution is 6.06. The van der Waals surface area contributed by atoms with Crippen LogP contribution in [0.1, 0.15) is 34.8 Å². The summed E-state index contributed by atoms with van der Waals surface area (Å²) in [6.45, 7) is 0.901. The lowest BCUT2D eigenvalue weighted by atomic mass is 10.0. The van der Waals surface area contributed by atoms with Gasteiger partial charge in [0.05, 0.1) is 30.7 Å². The molecule has 3 aliphatic heterocycles. The number of hydrogen-bond acceptors (Lipinski definition) is 4. The second-order valence-electron chi connectivity index (χ2n) is 8.41. The van der Waals surface area contributed by atoms with Gasteiger partial charge in [-0.25, -0.2) is 0 Å². The molecule has 1 spiro atoms. The Morgan fingerprint density at radius 1 is 1.06 bits per heavy atom. The maximum absolute atomic E-state index is 13.6. The quantitative estimate of drug-likeness (QED) is 0.697. The molecule has 7 heteroatoms. The van der Waals surface area contributed by atoms with Crippen LogP contribution in [0, 0.1) is 0 Å². The number of benzene rings is 2. The Morgan fingerprint density at radius 3 is 2.68 bits per heavy atom. The van der Waals surface area contributed by atoms with E-state index in [0.29, 0.717) is 36.0 Å². The lowest BCUT2D eigenvalue weighted by Crippen LogP contribution is -2.49. The van der Waals surface area contributed by atoms with Crippen LogP contribution in [0.3, 0.4) is 0 Å². The van der Waals surface area contributed by atoms with Gasteiger partial charge in [-0.1, -0.05) is 48.5 Å². The molecule has 3 atom stereocenters. The van der Waals surface area contributed by atoms with E-state index in [1.165, 1.54) is 6.07 Å². The summed E-state index contributed by atoms with van der Waals surface area (Å²) in [4.78, 5) is 45.2. The van der Waals surface area contributed by atoms with Gasteiger partial charge in [-0.2, -0.15) is 0 Å². The molecule has 0 saturated carbocycles. The summed E-state index contributed by atoms with van der Waals surface area (Å²) >= 11 is 0. The summed E-state index contributed by atoms with van der Waals surface area (Å²) in [5, 5.41) is 0.698. The van der Waals surface area contributed by atoms with E-state index >= 15 is 0 Å². The predicted molar refractivity (Wildman–Crippen MR) is 113 cm³/mol. The van der Waals surface area contributed by atoms with Gasteiger partial charge in [0.15, 0.2) is 5.72 Å². The average molecular weight is 415 g/mol. The second kappa shape index (κ2) is 6.52. The fourth-order valence-corrected chi connectivity index (χ4v) is 5.55. The minimum Gasteiger partial charge on any atom is -0.351 e. The fraction of sp³-hybridized carbons (Fsp3) is 0.292. The number of nitrogens with zero attached hydrogens (tertiary/aromatic N) is 2. The molecule has 3 aliphatic rings. The Kier molecular flexibility index (Phi) is 3.86. The SMILES string of the molecule is O=C(c1cc(=O)[nH]c2ccccc12)N1CC[C@@]23OC[C@@H](c4ccccc4)N2C(=O)C[C@@H]13. The molecule has 0 unspecified atom stereocenters. The van der Waals surface area contributed by atoms with Crippen molar-refractivity contribution in [2.45, 2.75) is 30.7 Å². The number of pyridine rings is 1. The van der Waals surface area contributed by atoms with E-state index in [0.717, 1.165) is 5.56 Å². The number of nitrogens with one attached hydrogen (secondary N) is 1. The third kappa shape index (κ3) is 2.53. The van der Waals surface area contributed by atoms with Crippen LogP contribution in [-0.4, -0.2) is 51.5 Å². The Bertz CT molecular complexity index is 1270. The molecule has 0 bridgehead atoms. The molecule has 7 nitrogen and oxygen atoms in total. The second-order valence-corrected chi connectivity index (χ2v) is 8.41. The van der Waals surface area contributed by atoms with Crippen LogP contribution in [0.2, 0.25) is 0 Å². The molecule has 3 saturated heterocycles. The van der Waals surface area contributed by atoms with Crippen LogP contribution in [0.15, 0.2) is 65.5 Å². The number of para-hydroxylation sites is 1. The van der Waals surface area contributed by atoms with E-state index < -0.39 is 5.72 Å². The van der Waals surface area contributed by atoms with Gasteiger partial charge in [-0.05, 0) is 11.6 Å². The van der Waals surface area contributed by atoms with Crippen LogP contribution < -0.4 is 5.56 Å². The van der Waals surface area contributed by atoms with E-state index in [1.54, 1.807) is 11.0 Å². The van der Waals surface area contributed by atoms with Crippen molar-refractivity contribution >= 4 is 22.7 Å². The summed E-state index contributed by atoms with van der Waals surface area (Å²) in [5.74, 6) is -0.227. The van der Waals surface area contributed by atoms with Crippen LogP contribution in [0.4, 0.5) is 0 Å². The zero-order valence-corrected chi connectivity index (χ0v) is 16.8. The first-order valence-electron chi connectivity index (χ1n) is 10.5. The third-order valence-electron chi connectivity index (χ3n) is 6.88. The molecule has 3 fully saturated rings. The summed E-state index contributed by atoms with van der Waals surface area (Å²) in [7, 11) is 0. The van der Waals surface area contributed by atoms with Crippen molar-refractivity contribution in [3.8, 4) is 0 Å². The summed E-state index contributed by atoms with van der Waals surface area (Å²) in [6.07, 6.45) is 0.801. The standard InChI is InChI=1S/C24H21N3O4/c28-21-12-17(16-8-4-5-9-18(16)25-21)23(30)26-11-10-24-20(26)13-22(29)27(24)19(14-31-24)15-6-2-1-3-7-15/h1-9,12,19-20H,10-11,13-14H2,(H,25,28)/t19-,20+,24-/m0/s1. The number of amides is 2. The Morgan fingerprint density at radius 2 is 1.84 bits per heavy atom. The fourth-order valence-electron chi connectivity index (χ4n) is 5.55. The number of fused-ring (bicyclic) bond motifs is 1. The summed E-state index contributed by atoms with van der Waals surface area (Å²) in [6, 6.07) is 18.0. The highest BCUT2D eigenvalue weighted by atomic mass is 16.5. The Balaban J connectivity index is 1.38. The number of H-pyrrole nitrogens is 1. The predicted octanol–water partition coefficient (Wildman–Crippen LogP) is 2.44. The molecule has 4 heterocycles. The van der Waals surface area contributed by atoms with Crippen molar-refractivity contribution in [2.24, 2.45) is 0 Å². The van der Waals surface area contributed by atoms with Crippen molar-refractivity contribution in [2.75, 3.05) is 13.2 Å².